The van der Waals surface area contributed by atoms with E-state index in [9.17, 15) is 23.8 Å². The number of allylic oxidation sites excluding steroid dienone is 4. The van der Waals surface area contributed by atoms with Gasteiger partial charge in [0.1, 0.15) is 6.61 Å². The number of nitrogens with one attached hydrogen (secondary N) is 1. The summed E-state index contributed by atoms with van der Waals surface area (Å²) in [5, 5.41) is 2.74. The molecule has 67 heavy (non-hydrogen) atoms. The predicted molar refractivity (Wildman–Crippen MR) is 280 cm³/mol. The molecule has 10 nitrogen and oxygen atoms in total. The summed E-state index contributed by atoms with van der Waals surface area (Å²) in [6.45, 7) is 5.82. The van der Waals surface area contributed by atoms with Gasteiger partial charge < -0.3 is 19.7 Å². The highest BCUT2D eigenvalue weighted by Gasteiger charge is 2.26. The molecule has 0 saturated carbocycles. The van der Waals surface area contributed by atoms with Crippen molar-refractivity contribution in [2.75, 3.05) is 26.4 Å². The van der Waals surface area contributed by atoms with Gasteiger partial charge in [0, 0.05) is 25.8 Å². The van der Waals surface area contributed by atoms with E-state index in [4.69, 9.17) is 18.5 Å². The molecule has 2 unspecified atom stereocenters. The van der Waals surface area contributed by atoms with Crippen molar-refractivity contribution in [3.05, 3.63) is 24.3 Å². The molecule has 394 valence electrons. The Balaban J connectivity index is 4.51. The molecule has 0 aromatic carbocycles. The van der Waals surface area contributed by atoms with Crippen molar-refractivity contribution >= 4 is 25.7 Å². The van der Waals surface area contributed by atoms with Gasteiger partial charge in [-0.15, -0.1) is 0 Å². The summed E-state index contributed by atoms with van der Waals surface area (Å²) in [5.41, 5.74) is 0. The first-order valence-corrected chi connectivity index (χ1v) is 29.8. The number of unbranched alkanes of at least 4 members (excludes halogenated alkanes) is 33. The number of rotatable bonds is 53. The Labute approximate surface area is 412 Å². The van der Waals surface area contributed by atoms with Crippen LogP contribution in [0, 0.1) is 0 Å². The molecule has 0 heterocycles. The third-order valence-corrected chi connectivity index (χ3v) is 13.4. The second-order valence-corrected chi connectivity index (χ2v) is 20.5. The van der Waals surface area contributed by atoms with E-state index < -0.39 is 32.5 Å². The molecule has 0 aliphatic carbocycles. The zero-order chi connectivity index (χ0) is 49.0. The maximum Gasteiger partial charge on any atom is 0.472 e. The first-order valence-electron chi connectivity index (χ1n) is 28.3. The molecule has 0 rings (SSSR count). The Morgan fingerprint density at radius 2 is 0.836 bits per heavy atom. The Morgan fingerprint density at radius 1 is 0.463 bits per heavy atom. The lowest BCUT2D eigenvalue weighted by Gasteiger charge is -2.20. The second-order valence-electron chi connectivity index (χ2n) is 19.1. The van der Waals surface area contributed by atoms with Crippen LogP contribution in [0.5, 0.6) is 0 Å². The van der Waals surface area contributed by atoms with Gasteiger partial charge >= 0.3 is 19.8 Å². The van der Waals surface area contributed by atoms with E-state index in [2.05, 4.69) is 50.4 Å². The van der Waals surface area contributed by atoms with E-state index in [-0.39, 0.29) is 38.5 Å². The fraction of sp³-hybridized carbons (Fsp3) is 0.875. The third-order valence-electron chi connectivity index (χ3n) is 12.4. The zero-order valence-electron chi connectivity index (χ0n) is 43.9. The summed E-state index contributed by atoms with van der Waals surface area (Å²) in [6, 6.07) is 0. The van der Waals surface area contributed by atoms with Crippen LogP contribution in [0.4, 0.5) is 0 Å². The standard InChI is InChI=1S/C56H106NO9P/c1-4-7-10-13-16-19-22-25-27-30-33-36-39-42-45-48-56(60)66-53(51-63-55(59)47-44-41-38-35-32-28-24-21-18-15-12-9-6-3)52-65-67(61,62)64-50-49-57-54(58)46-43-40-37-34-31-29-26-23-20-17-14-11-8-5-2/h16,19,25,27,53H,4-15,17-18,20-24,26,28-52H2,1-3H3,(H,57,58)(H,61,62)/b19-16-,27-25-. The number of carbonyl (C=O) groups is 3. The Morgan fingerprint density at radius 3 is 1.30 bits per heavy atom. The Kier molecular flexibility index (Phi) is 50.3. The summed E-state index contributed by atoms with van der Waals surface area (Å²) in [7, 11) is -4.54. The van der Waals surface area contributed by atoms with Gasteiger partial charge in [-0.05, 0) is 51.4 Å². The number of amides is 1. The third kappa shape index (κ3) is 51.7. The molecule has 0 fully saturated rings. The quantitative estimate of drug-likeness (QED) is 0.0264. The average Bonchev–Trinajstić information content (AvgIpc) is 3.31. The van der Waals surface area contributed by atoms with Gasteiger partial charge in [-0.1, -0.05) is 238 Å². The van der Waals surface area contributed by atoms with E-state index in [1.807, 2.05) is 0 Å². The maximum atomic E-state index is 12.8. The topological polar surface area (TPSA) is 137 Å². The number of esters is 2. The van der Waals surface area contributed by atoms with Crippen LogP contribution in [0.1, 0.15) is 284 Å². The molecule has 0 spiro atoms. The zero-order valence-corrected chi connectivity index (χ0v) is 44.8. The molecule has 11 heteroatoms. The second kappa shape index (κ2) is 51.8. The highest BCUT2D eigenvalue weighted by Crippen LogP contribution is 2.43. The average molecular weight is 968 g/mol. The SMILES string of the molecule is CCCCC/C=C\C/C=C\CCCCCCCC(=O)OC(COC(=O)CCCCCCCCCCCCCCC)COP(=O)(O)OCCNC(=O)CCCCCCCCCCCCCCCC. The van der Waals surface area contributed by atoms with Crippen molar-refractivity contribution in [1.82, 2.24) is 5.32 Å². The lowest BCUT2D eigenvalue weighted by Crippen LogP contribution is -2.30. The van der Waals surface area contributed by atoms with Crippen LogP contribution in [0.3, 0.4) is 0 Å². The van der Waals surface area contributed by atoms with Crippen LogP contribution in [0.15, 0.2) is 24.3 Å². The number of hydrogen-bond acceptors (Lipinski definition) is 8. The molecule has 0 aromatic heterocycles. The molecular weight excluding hydrogens is 862 g/mol. The summed E-state index contributed by atoms with van der Waals surface area (Å²) >= 11 is 0. The van der Waals surface area contributed by atoms with Gasteiger partial charge in [0.05, 0.1) is 13.2 Å². The van der Waals surface area contributed by atoms with E-state index in [0.717, 1.165) is 77.0 Å². The smallest absolute Gasteiger partial charge is 0.462 e. The van der Waals surface area contributed by atoms with Crippen molar-refractivity contribution in [2.45, 2.75) is 290 Å². The molecule has 1 amide bonds. The summed E-state index contributed by atoms with van der Waals surface area (Å²) in [5.74, 6) is -0.985. The molecular formula is C56H106NO9P. The van der Waals surface area contributed by atoms with Crippen LogP contribution < -0.4 is 5.32 Å². The van der Waals surface area contributed by atoms with Gasteiger partial charge in [0.2, 0.25) is 5.91 Å². The normalized spacial score (nSPS) is 13.1. The molecule has 2 atom stereocenters. The predicted octanol–water partition coefficient (Wildman–Crippen LogP) is 16.9. The number of phosphoric acid groups is 1. The molecule has 0 saturated heterocycles. The van der Waals surface area contributed by atoms with Crippen LogP contribution in [-0.4, -0.2) is 55.2 Å². The van der Waals surface area contributed by atoms with Crippen molar-refractivity contribution in [3.63, 3.8) is 0 Å². The fourth-order valence-corrected chi connectivity index (χ4v) is 8.87. The highest BCUT2D eigenvalue weighted by atomic mass is 31.2. The van der Waals surface area contributed by atoms with E-state index in [1.54, 1.807) is 0 Å². The van der Waals surface area contributed by atoms with Gasteiger partial charge in [-0.25, -0.2) is 4.57 Å². The minimum Gasteiger partial charge on any atom is -0.462 e. The van der Waals surface area contributed by atoms with Gasteiger partial charge in [0.25, 0.3) is 0 Å². The summed E-state index contributed by atoms with van der Waals surface area (Å²) < 4.78 is 34.1. The molecule has 0 aliphatic heterocycles. The van der Waals surface area contributed by atoms with E-state index in [0.29, 0.717) is 12.8 Å². The highest BCUT2D eigenvalue weighted by molar-refractivity contribution is 7.47. The van der Waals surface area contributed by atoms with Gasteiger partial charge in [0.15, 0.2) is 6.10 Å². The maximum absolute atomic E-state index is 12.8. The van der Waals surface area contributed by atoms with Crippen molar-refractivity contribution in [2.24, 2.45) is 0 Å². The number of hydrogen-bond donors (Lipinski definition) is 2. The van der Waals surface area contributed by atoms with Crippen LogP contribution in [0.2, 0.25) is 0 Å². The fourth-order valence-electron chi connectivity index (χ4n) is 8.12. The minimum absolute atomic E-state index is 0.0636. The van der Waals surface area contributed by atoms with Crippen LogP contribution in [-0.2, 0) is 37.5 Å². The minimum atomic E-state index is -4.54. The summed E-state index contributed by atoms with van der Waals surface area (Å²) in [6.07, 6.45) is 53.9. The lowest BCUT2D eigenvalue weighted by atomic mass is 10.0. The lowest BCUT2D eigenvalue weighted by molar-refractivity contribution is -0.161. The molecule has 0 aromatic rings. The summed E-state index contributed by atoms with van der Waals surface area (Å²) in [4.78, 5) is 48.1. The van der Waals surface area contributed by atoms with Gasteiger partial charge in [-0.2, -0.15) is 0 Å². The Hall–Kier alpha value is -2.00. The van der Waals surface area contributed by atoms with E-state index >= 15 is 0 Å². The van der Waals surface area contributed by atoms with Crippen LogP contribution in [0.25, 0.3) is 0 Å². The molecule has 2 N–H and O–H groups in total. The van der Waals surface area contributed by atoms with Crippen molar-refractivity contribution in [3.8, 4) is 0 Å². The van der Waals surface area contributed by atoms with Crippen molar-refractivity contribution < 1.29 is 42.4 Å². The number of phosphoric ester groups is 1. The molecule has 0 radical (unpaired) electrons. The molecule has 0 bridgehead atoms. The van der Waals surface area contributed by atoms with Gasteiger partial charge in [-0.3, -0.25) is 23.4 Å². The number of ether oxygens (including phenoxy) is 2. The van der Waals surface area contributed by atoms with Crippen LogP contribution >= 0.6 is 7.82 Å². The first kappa shape index (κ1) is 65.0. The monoisotopic (exact) mass is 968 g/mol. The molecule has 0 aliphatic rings. The number of carbonyl (C=O) groups excluding carboxylic acids is 3. The largest absolute Gasteiger partial charge is 0.472 e. The first-order chi connectivity index (χ1) is 32.7. The van der Waals surface area contributed by atoms with Crippen molar-refractivity contribution in [1.29, 1.82) is 0 Å². The Bertz CT molecular complexity index is 1210. The van der Waals surface area contributed by atoms with E-state index in [1.165, 1.54) is 161 Å².